The molecule has 0 spiro atoms. The molecule has 1 N–H and O–H groups in total. The third kappa shape index (κ3) is 3.57. The van der Waals surface area contributed by atoms with E-state index in [1.807, 2.05) is 62.4 Å². The van der Waals surface area contributed by atoms with Crippen LogP contribution in [0.1, 0.15) is 34.8 Å². The average molecular weight is 424 g/mol. The smallest absolute Gasteiger partial charge is 0.252 e. The van der Waals surface area contributed by atoms with E-state index in [1.165, 1.54) is 0 Å². The molecule has 2 aromatic heterocycles. The van der Waals surface area contributed by atoms with Gasteiger partial charge in [0, 0.05) is 22.1 Å². The van der Waals surface area contributed by atoms with Crippen LogP contribution in [0.3, 0.4) is 0 Å². The lowest BCUT2D eigenvalue weighted by atomic mass is 10.1. The number of pyridine rings is 1. The van der Waals surface area contributed by atoms with Gasteiger partial charge < -0.3 is 9.73 Å². The lowest BCUT2D eigenvalue weighted by Crippen LogP contribution is -2.28. The van der Waals surface area contributed by atoms with Crippen LogP contribution in [0.4, 0.5) is 0 Å². The molecule has 0 saturated carbocycles. The molecule has 1 unspecified atom stereocenters. The number of carbonyl (C=O) groups is 1. The highest BCUT2D eigenvalue weighted by atomic mass is 79.9. The van der Waals surface area contributed by atoms with E-state index in [0.717, 1.165) is 32.2 Å². The SMILES string of the molecule is Cc1cc(C(=O)NCC(C)c2nc3ccccc3o2)c2cc(Br)ccc2n1. The van der Waals surface area contributed by atoms with Gasteiger partial charge in [-0.05, 0) is 43.3 Å². The van der Waals surface area contributed by atoms with Crippen molar-refractivity contribution in [2.24, 2.45) is 0 Å². The van der Waals surface area contributed by atoms with Crippen LogP contribution in [-0.4, -0.2) is 22.4 Å². The first kappa shape index (κ1) is 17.7. The van der Waals surface area contributed by atoms with E-state index < -0.39 is 0 Å². The van der Waals surface area contributed by atoms with Gasteiger partial charge in [-0.3, -0.25) is 9.78 Å². The maximum absolute atomic E-state index is 12.8. The van der Waals surface area contributed by atoms with Gasteiger partial charge in [-0.2, -0.15) is 0 Å². The number of oxazole rings is 1. The van der Waals surface area contributed by atoms with Gasteiger partial charge in [-0.1, -0.05) is 35.0 Å². The molecule has 5 nitrogen and oxygen atoms in total. The molecule has 27 heavy (non-hydrogen) atoms. The van der Waals surface area contributed by atoms with Crippen molar-refractivity contribution >= 4 is 43.8 Å². The number of halogens is 1. The van der Waals surface area contributed by atoms with Crippen LogP contribution in [0.5, 0.6) is 0 Å². The molecule has 0 aliphatic carbocycles. The lowest BCUT2D eigenvalue weighted by molar-refractivity contribution is 0.0952. The number of amides is 1. The van der Waals surface area contributed by atoms with E-state index >= 15 is 0 Å². The Morgan fingerprint density at radius 2 is 1.96 bits per heavy atom. The van der Waals surface area contributed by atoms with Gasteiger partial charge in [-0.15, -0.1) is 0 Å². The van der Waals surface area contributed by atoms with Crippen molar-refractivity contribution in [3.8, 4) is 0 Å². The molecular weight excluding hydrogens is 406 g/mol. The molecule has 4 aromatic rings. The molecule has 6 heteroatoms. The summed E-state index contributed by atoms with van der Waals surface area (Å²) in [7, 11) is 0. The standard InChI is InChI=1S/C21H18BrN3O2/c1-12(21-25-18-5-3-4-6-19(18)27-21)11-23-20(26)16-9-13(2)24-17-8-7-14(22)10-15(16)17/h3-10,12H,11H2,1-2H3,(H,23,26). The van der Waals surface area contributed by atoms with Crippen molar-refractivity contribution in [3.63, 3.8) is 0 Å². The number of rotatable bonds is 4. The second kappa shape index (κ2) is 7.12. The number of nitrogens with zero attached hydrogens (tertiary/aromatic N) is 2. The summed E-state index contributed by atoms with van der Waals surface area (Å²) >= 11 is 3.46. The molecule has 1 amide bonds. The molecule has 0 fully saturated rings. The fraction of sp³-hybridized carbons (Fsp3) is 0.190. The molecule has 2 aromatic carbocycles. The van der Waals surface area contributed by atoms with Crippen LogP contribution >= 0.6 is 15.9 Å². The molecule has 0 radical (unpaired) electrons. The van der Waals surface area contributed by atoms with Crippen LogP contribution < -0.4 is 5.32 Å². The molecule has 1 atom stereocenters. The largest absolute Gasteiger partial charge is 0.440 e. The van der Waals surface area contributed by atoms with Crippen LogP contribution in [0.25, 0.3) is 22.0 Å². The summed E-state index contributed by atoms with van der Waals surface area (Å²) in [6.07, 6.45) is 0. The fourth-order valence-electron chi connectivity index (χ4n) is 3.05. The number of benzene rings is 2. The first-order valence-corrected chi connectivity index (χ1v) is 9.51. The zero-order valence-corrected chi connectivity index (χ0v) is 16.6. The molecule has 136 valence electrons. The number of hydrogen-bond acceptors (Lipinski definition) is 4. The number of nitrogens with one attached hydrogen (secondary N) is 1. The summed E-state index contributed by atoms with van der Waals surface area (Å²) in [4.78, 5) is 21.8. The quantitative estimate of drug-likeness (QED) is 0.502. The van der Waals surface area contributed by atoms with E-state index in [-0.39, 0.29) is 11.8 Å². The summed E-state index contributed by atoms with van der Waals surface area (Å²) in [6.45, 7) is 4.30. The predicted octanol–water partition coefficient (Wildman–Crippen LogP) is 4.98. The highest BCUT2D eigenvalue weighted by Crippen LogP contribution is 2.24. The second-order valence-corrected chi connectivity index (χ2v) is 7.52. The number of carbonyl (C=O) groups excluding carboxylic acids is 1. The van der Waals surface area contributed by atoms with Gasteiger partial charge in [0.1, 0.15) is 5.52 Å². The van der Waals surface area contributed by atoms with Crippen molar-refractivity contribution in [1.82, 2.24) is 15.3 Å². The van der Waals surface area contributed by atoms with E-state index in [2.05, 4.69) is 31.2 Å². The van der Waals surface area contributed by atoms with Crippen molar-refractivity contribution in [2.45, 2.75) is 19.8 Å². The molecular formula is C21H18BrN3O2. The molecule has 0 saturated heterocycles. The normalized spacial score (nSPS) is 12.4. The Kier molecular flexibility index (Phi) is 4.66. The van der Waals surface area contributed by atoms with Gasteiger partial charge in [0.15, 0.2) is 11.5 Å². The van der Waals surface area contributed by atoms with Gasteiger partial charge in [-0.25, -0.2) is 4.98 Å². The van der Waals surface area contributed by atoms with Gasteiger partial charge in [0.05, 0.1) is 17.0 Å². The topological polar surface area (TPSA) is 68.0 Å². The number of aryl methyl sites for hydroxylation is 1. The van der Waals surface area contributed by atoms with E-state index in [4.69, 9.17) is 4.42 Å². The second-order valence-electron chi connectivity index (χ2n) is 6.60. The number of fused-ring (bicyclic) bond motifs is 2. The molecule has 2 heterocycles. The Balaban J connectivity index is 1.55. The van der Waals surface area contributed by atoms with E-state index in [9.17, 15) is 4.79 Å². The maximum atomic E-state index is 12.8. The first-order valence-electron chi connectivity index (χ1n) is 8.72. The number of aromatic nitrogens is 2. The highest BCUT2D eigenvalue weighted by molar-refractivity contribution is 9.10. The molecule has 4 rings (SSSR count). The lowest BCUT2D eigenvalue weighted by Gasteiger charge is -2.12. The Bertz CT molecular complexity index is 1120. The summed E-state index contributed by atoms with van der Waals surface area (Å²) in [6, 6.07) is 15.2. The predicted molar refractivity (Wildman–Crippen MR) is 109 cm³/mol. The van der Waals surface area contributed by atoms with Crippen LogP contribution in [0.15, 0.2) is 57.4 Å². The zero-order chi connectivity index (χ0) is 19.0. The minimum atomic E-state index is -0.133. The third-order valence-corrected chi connectivity index (χ3v) is 4.94. The Morgan fingerprint density at radius 3 is 2.78 bits per heavy atom. The Morgan fingerprint density at radius 1 is 1.15 bits per heavy atom. The molecule has 0 bridgehead atoms. The van der Waals surface area contributed by atoms with Gasteiger partial charge in [0.25, 0.3) is 5.91 Å². The maximum Gasteiger partial charge on any atom is 0.252 e. The van der Waals surface area contributed by atoms with Gasteiger partial charge >= 0.3 is 0 Å². The minimum absolute atomic E-state index is 0.0396. The van der Waals surface area contributed by atoms with Crippen LogP contribution in [0, 0.1) is 6.92 Å². The Hall–Kier alpha value is -2.73. The summed E-state index contributed by atoms with van der Waals surface area (Å²) in [5.41, 5.74) is 3.80. The average Bonchev–Trinajstić information content (AvgIpc) is 3.10. The van der Waals surface area contributed by atoms with E-state index in [0.29, 0.717) is 18.0 Å². The minimum Gasteiger partial charge on any atom is -0.440 e. The monoisotopic (exact) mass is 423 g/mol. The van der Waals surface area contributed by atoms with Gasteiger partial charge in [0.2, 0.25) is 0 Å². The zero-order valence-electron chi connectivity index (χ0n) is 15.0. The summed E-state index contributed by atoms with van der Waals surface area (Å²) < 4.78 is 6.71. The van der Waals surface area contributed by atoms with Crippen LogP contribution in [0.2, 0.25) is 0 Å². The first-order chi connectivity index (χ1) is 13.0. The fourth-order valence-corrected chi connectivity index (χ4v) is 3.41. The summed E-state index contributed by atoms with van der Waals surface area (Å²) in [5.74, 6) is 0.448. The number of para-hydroxylation sites is 2. The van der Waals surface area contributed by atoms with E-state index in [1.54, 1.807) is 0 Å². The highest BCUT2D eigenvalue weighted by Gasteiger charge is 2.17. The summed E-state index contributed by atoms with van der Waals surface area (Å²) in [5, 5.41) is 3.82. The third-order valence-electron chi connectivity index (χ3n) is 4.44. The van der Waals surface area contributed by atoms with Crippen molar-refractivity contribution in [3.05, 3.63) is 70.2 Å². The van der Waals surface area contributed by atoms with Crippen molar-refractivity contribution < 1.29 is 9.21 Å². The Labute approximate surface area is 164 Å². The number of hydrogen-bond donors (Lipinski definition) is 1. The van der Waals surface area contributed by atoms with Crippen molar-refractivity contribution in [1.29, 1.82) is 0 Å². The molecule has 0 aliphatic rings. The van der Waals surface area contributed by atoms with Crippen LogP contribution in [-0.2, 0) is 0 Å². The van der Waals surface area contributed by atoms with Crippen molar-refractivity contribution in [2.75, 3.05) is 6.54 Å². The molecule has 0 aliphatic heterocycles.